The molecule has 0 radical (unpaired) electrons. The molecule has 1 aromatic heterocycles. The zero-order valence-electron chi connectivity index (χ0n) is 18.0. The molecule has 1 aliphatic rings. The molecule has 0 aliphatic heterocycles. The Morgan fingerprint density at radius 2 is 1.67 bits per heavy atom. The molecule has 2 unspecified atom stereocenters. The number of thiazole rings is 1. The normalized spacial score (nSPS) is 18.3. The Hall–Kier alpha value is -1.57. The van der Waals surface area contributed by atoms with Gasteiger partial charge < -0.3 is 5.32 Å². The molecule has 0 bridgehead atoms. The number of amides is 1. The SMILES string of the molecule is O=C(Cc1nc2c(Cl)cccc2s1)c1cc(NC(=O)C2C(c3cc(Cl)cc(Cl)c3)C2(Cl)Cl)ccc1Cl. The Kier molecular flexibility index (Phi) is 7.20. The number of anilines is 1. The van der Waals surface area contributed by atoms with Crippen LogP contribution in [-0.2, 0) is 11.2 Å². The van der Waals surface area contributed by atoms with E-state index >= 15 is 0 Å². The van der Waals surface area contributed by atoms with E-state index in [1.807, 2.05) is 12.1 Å². The van der Waals surface area contributed by atoms with Gasteiger partial charge in [0.1, 0.15) is 14.9 Å². The van der Waals surface area contributed by atoms with Gasteiger partial charge in [-0.3, -0.25) is 9.59 Å². The van der Waals surface area contributed by atoms with Gasteiger partial charge in [0, 0.05) is 27.2 Å². The molecule has 184 valence electrons. The van der Waals surface area contributed by atoms with E-state index in [1.165, 1.54) is 17.4 Å². The third-order valence-electron chi connectivity index (χ3n) is 5.84. The van der Waals surface area contributed by atoms with Gasteiger partial charge in [-0.2, -0.15) is 0 Å². The van der Waals surface area contributed by atoms with Crippen molar-refractivity contribution in [3.63, 3.8) is 0 Å². The van der Waals surface area contributed by atoms with E-state index in [0.29, 0.717) is 36.8 Å². The summed E-state index contributed by atoms with van der Waals surface area (Å²) in [5, 5.41) is 5.03. The minimum atomic E-state index is -1.32. The molecule has 5 rings (SSSR count). The summed E-state index contributed by atoms with van der Waals surface area (Å²) in [7, 11) is 0. The standard InChI is InChI=1S/C25H14Cl6N2O2S/c26-12-6-11(7-13(27)8-12)21-22(25(21,30)31)24(35)32-14-4-5-16(28)15(9-14)18(34)10-20-33-23-17(29)2-1-3-19(23)36-20/h1-9,21-22H,10H2,(H,32,35). The second-order valence-corrected chi connectivity index (χ2v) is 12.6. The third-order valence-corrected chi connectivity index (χ3v) is 8.87. The van der Waals surface area contributed by atoms with Crippen LogP contribution < -0.4 is 5.32 Å². The number of halogens is 6. The topological polar surface area (TPSA) is 59.1 Å². The zero-order valence-corrected chi connectivity index (χ0v) is 23.3. The highest BCUT2D eigenvalue weighted by molar-refractivity contribution is 7.18. The van der Waals surface area contributed by atoms with Crippen molar-refractivity contribution in [1.29, 1.82) is 0 Å². The number of fused-ring (bicyclic) bond motifs is 1. The van der Waals surface area contributed by atoms with Gasteiger partial charge in [-0.1, -0.05) is 52.5 Å². The summed E-state index contributed by atoms with van der Waals surface area (Å²) in [6.07, 6.45) is 0.0412. The van der Waals surface area contributed by atoms with Crippen LogP contribution in [-0.4, -0.2) is 21.0 Å². The van der Waals surface area contributed by atoms with Crippen LogP contribution in [0.1, 0.15) is 26.8 Å². The first-order valence-corrected chi connectivity index (χ1v) is 13.6. The van der Waals surface area contributed by atoms with Gasteiger partial charge in [0.2, 0.25) is 5.91 Å². The first kappa shape index (κ1) is 26.1. The number of alkyl halides is 2. The number of hydrogen-bond acceptors (Lipinski definition) is 4. The maximum absolute atomic E-state index is 13.1. The number of para-hydroxylation sites is 1. The molecule has 4 aromatic rings. The van der Waals surface area contributed by atoms with E-state index in [9.17, 15) is 9.59 Å². The average molecular weight is 619 g/mol. The second-order valence-electron chi connectivity index (χ2n) is 8.31. The number of carbonyl (C=O) groups excluding carboxylic acids is 2. The molecule has 4 nitrogen and oxygen atoms in total. The van der Waals surface area contributed by atoms with Crippen molar-refractivity contribution in [3.05, 3.63) is 90.8 Å². The maximum atomic E-state index is 13.1. The van der Waals surface area contributed by atoms with E-state index < -0.39 is 22.1 Å². The molecule has 1 heterocycles. The lowest BCUT2D eigenvalue weighted by atomic mass is 10.1. The monoisotopic (exact) mass is 616 g/mol. The maximum Gasteiger partial charge on any atom is 0.231 e. The predicted molar refractivity (Wildman–Crippen MR) is 150 cm³/mol. The first-order chi connectivity index (χ1) is 17.0. The van der Waals surface area contributed by atoms with Crippen molar-refractivity contribution < 1.29 is 9.59 Å². The van der Waals surface area contributed by atoms with Gasteiger partial charge in [-0.25, -0.2) is 4.98 Å². The average Bonchev–Trinajstić information content (AvgIpc) is 3.15. The van der Waals surface area contributed by atoms with Gasteiger partial charge >= 0.3 is 0 Å². The Morgan fingerprint density at radius 1 is 0.944 bits per heavy atom. The van der Waals surface area contributed by atoms with Gasteiger partial charge in [-0.15, -0.1) is 34.5 Å². The summed E-state index contributed by atoms with van der Waals surface area (Å²) in [6.45, 7) is 0. The number of nitrogens with one attached hydrogen (secondary N) is 1. The van der Waals surface area contributed by atoms with Crippen molar-refractivity contribution in [1.82, 2.24) is 4.98 Å². The largest absolute Gasteiger partial charge is 0.326 e. The minimum absolute atomic E-state index is 0.0412. The van der Waals surface area contributed by atoms with E-state index in [4.69, 9.17) is 69.6 Å². The molecule has 3 aromatic carbocycles. The highest BCUT2D eigenvalue weighted by Gasteiger charge is 2.67. The molecule has 0 saturated heterocycles. The fraction of sp³-hybridized carbons (Fsp3) is 0.160. The van der Waals surface area contributed by atoms with E-state index in [1.54, 1.807) is 36.4 Å². The highest BCUT2D eigenvalue weighted by atomic mass is 35.5. The van der Waals surface area contributed by atoms with Crippen LogP contribution in [0, 0.1) is 5.92 Å². The predicted octanol–water partition coefficient (Wildman–Crippen LogP) is 8.86. The first-order valence-electron chi connectivity index (χ1n) is 10.6. The summed E-state index contributed by atoms with van der Waals surface area (Å²) in [5.41, 5.74) is 1.97. The van der Waals surface area contributed by atoms with E-state index in [0.717, 1.165) is 4.70 Å². The number of aromatic nitrogens is 1. The highest BCUT2D eigenvalue weighted by Crippen LogP contribution is 2.65. The molecule has 1 aliphatic carbocycles. The summed E-state index contributed by atoms with van der Waals surface area (Å²) in [4.78, 5) is 30.6. The molecule has 1 saturated carbocycles. The van der Waals surface area contributed by atoms with Crippen LogP contribution in [0.5, 0.6) is 0 Å². The van der Waals surface area contributed by atoms with Crippen LogP contribution in [0.15, 0.2) is 54.6 Å². The van der Waals surface area contributed by atoms with Crippen molar-refractivity contribution in [2.24, 2.45) is 5.92 Å². The second kappa shape index (κ2) is 9.95. The number of Topliss-reactive ketones (excluding diaryl/α,β-unsaturated/α-hetero) is 1. The van der Waals surface area contributed by atoms with E-state index in [2.05, 4.69) is 10.3 Å². The number of ketones is 1. The van der Waals surface area contributed by atoms with Crippen molar-refractivity contribution in [2.45, 2.75) is 16.7 Å². The summed E-state index contributed by atoms with van der Waals surface area (Å²) in [6, 6.07) is 15.1. The van der Waals surface area contributed by atoms with Gasteiger partial charge in [0.05, 0.1) is 27.1 Å². The van der Waals surface area contributed by atoms with E-state index in [-0.39, 0.29) is 22.8 Å². The molecular formula is C25H14Cl6N2O2S. The summed E-state index contributed by atoms with van der Waals surface area (Å²) >= 11 is 39.0. The molecule has 0 spiro atoms. The number of carbonyl (C=O) groups is 2. The molecule has 1 N–H and O–H groups in total. The van der Waals surface area contributed by atoms with Crippen LogP contribution in [0.4, 0.5) is 5.69 Å². The van der Waals surface area contributed by atoms with Crippen LogP contribution in [0.3, 0.4) is 0 Å². The Bertz CT molecular complexity index is 1520. The van der Waals surface area contributed by atoms with Gasteiger partial charge in [0.15, 0.2) is 5.78 Å². The smallest absolute Gasteiger partial charge is 0.231 e. The molecule has 11 heteroatoms. The molecule has 1 fully saturated rings. The fourth-order valence-electron chi connectivity index (χ4n) is 4.13. The van der Waals surface area contributed by atoms with Gasteiger partial charge in [0.25, 0.3) is 0 Å². The Labute approximate surface area is 240 Å². The third kappa shape index (κ3) is 5.08. The van der Waals surface area contributed by atoms with Crippen molar-refractivity contribution in [3.8, 4) is 0 Å². The quantitative estimate of drug-likeness (QED) is 0.173. The lowest BCUT2D eigenvalue weighted by Gasteiger charge is -2.09. The van der Waals surface area contributed by atoms with Crippen LogP contribution in [0.2, 0.25) is 20.1 Å². The lowest BCUT2D eigenvalue weighted by Crippen LogP contribution is -2.17. The number of hydrogen-bond donors (Lipinski definition) is 1. The number of nitrogens with zero attached hydrogens (tertiary/aromatic N) is 1. The Balaban J connectivity index is 1.33. The molecule has 1 amide bonds. The zero-order chi connectivity index (χ0) is 25.8. The van der Waals surface area contributed by atoms with Crippen LogP contribution >= 0.6 is 80.9 Å². The minimum Gasteiger partial charge on any atom is -0.326 e. The van der Waals surface area contributed by atoms with Gasteiger partial charge in [-0.05, 0) is 54.1 Å². The summed E-state index contributed by atoms with van der Waals surface area (Å²) in [5.74, 6) is -1.87. The number of benzene rings is 3. The lowest BCUT2D eigenvalue weighted by molar-refractivity contribution is -0.117. The van der Waals surface area contributed by atoms with Crippen molar-refractivity contribution >= 4 is 109 Å². The number of rotatable bonds is 6. The molecule has 2 atom stereocenters. The van der Waals surface area contributed by atoms with Crippen molar-refractivity contribution in [2.75, 3.05) is 5.32 Å². The fourth-order valence-corrected chi connectivity index (χ4v) is 6.99. The summed E-state index contributed by atoms with van der Waals surface area (Å²) < 4.78 is -0.430. The molecule has 36 heavy (non-hydrogen) atoms. The molecular weight excluding hydrogens is 605 g/mol. The van der Waals surface area contributed by atoms with Crippen LogP contribution in [0.25, 0.3) is 10.2 Å². The Morgan fingerprint density at radius 3 is 2.36 bits per heavy atom.